The summed E-state index contributed by atoms with van der Waals surface area (Å²) in [4.78, 5) is 10.5. The van der Waals surface area contributed by atoms with Crippen LogP contribution in [0.1, 0.15) is 12.8 Å². The molecule has 21 heavy (non-hydrogen) atoms. The number of anilines is 1. The van der Waals surface area contributed by atoms with E-state index in [0.29, 0.717) is 24.3 Å². The summed E-state index contributed by atoms with van der Waals surface area (Å²) in [5.41, 5.74) is 0. The van der Waals surface area contributed by atoms with Gasteiger partial charge in [-0.2, -0.15) is 4.98 Å². The zero-order valence-corrected chi connectivity index (χ0v) is 13.1. The third-order valence-electron chi connectivity index (χ3n) is 3.96. The maximum Gasteiger partial charge on any atom is 0.228 e. The zero-order valence-electron chi connectivity index (χ0n) is 12.3. The molecule has 0 spiro atoms. The van der Waals surface area contributed by atoms with Crippen LogP contribution in [0.5, 0.6) is 5.88 Å². The largest absolute Gasteiger partial charge is 0.481 e. The molecular weight excluding hydrogens is 292 g/mol. The zero-order chi connectivity index (χ0) is 15.0. The lowest BCUT2D eigenvalue weighted by Crippen LogP contribution is -2.52. The maximum atomic E-state index is 12.1. The molecule has 7 nitrogen and oxygen atoms in total. The summed E-state index contributed by atoms with van der Waals surface area (Å²) < 4.78 is 30.7. The molecule has 1 aromatic heterocycles. The molecule has 1 saturated carbocycles. The van der Waals surface area contributed by atoms with E-state index in [-0.39, 0.29) is 5.25 Å². The van der Waals surface area contributed by atoms with Gasteiger partial charge < -0.3 is 9.64 Å². The van der Waals surface area contributed by atoms with E-state index in [0.717, 1.165) is 25.9 Å². The molecule has 2 aliphatic rings. The van der Waals surface area contributed by atoms with E-state index in [1.54, 1.807) is 26.4 Å². The van der Waals surface area contributed by atoms with Crippen LogP contribution in [0.3, 0.4) is 0 Å². The molecule has 8 heteroatoms. The molecule has 0 unspecified atom stereocenters. The van der Waals surface area contributed by atoms with Crippen molar-refractivity contribution in [1.29, 1.82) is 0 Å². The Bertz CT molecular complexity index is 612. The summed E-state index contributed by atoms with van der Waals surface area (Å²) in [5, 5.41) is -0.139. The average Bonchev–Trinajstić information content (AvgIpc) is 3.26. The molecule has 1 aliphatic heterocycles. The van der Waals surface area contributed by atoms with Crippen LogP contribution in [0.4, 0.5) is 5.95 Å². The Morgan fingerprint density at radius 3 is 2.76 bits per heavy atom. The van der Waals surface area contributed by atoms with Crippen molar-refractivity contribution in [3.63, 3.8) is 0 Å². The lowest BCUT2D eigenvalue weighted by atomic mass is 10.0. The SMILES string of the molecule is COc1ccnc(N2CC(CN(C)S(=O)(=O)C3CC3)C2)n1. The summed E-state index contributed by atoms with van der Waals surface area (Å²) >= 11 is 0. The number of ether oxygens (including phenoxy) is 1. The molecular formula is C13H20N4O3S. The van der Waals surface area contributed by atoms with Gasteiger partial charge in [-0.1, -0.05) is 0 Å². The fourth-order valence-electron chi connectivity index (χ4n) is 2.53. The number of nitrogens with zero attached hydrogens (tertiary/aromatic N) is 4. The number of aromatic nitrogens is 2. The van der Waals surface area contributed by atoms with Gasteiger partial charge in [0.25, 0.3) is 0 Å². The van der Waals surface area contributed by atoms with Gasteiger partial charge >= 0.3 is 0 Å². The van der Waals surface area contributed by atoms with Crippen LogP contribution in [0.15, 0.2) is 12.3 Å². The highest BCUT2D eigenvalue weighted by atomic mass is 32.2. The van der Waals surface area contributed by atoms with Crippen molar-refractivity contribution in [2.24, 2.45) is 5.92 Å². The van der Waals surface area contributed by atoms with Crippen molar-refractivity contribution in [3.8, 4) is 5.88 Å². The van der Waals surface area contributed by atoms with E-state index in [1.165, 1.54) is 4.31 Å². The molecule has 0 amide bonds. The number of hydrogen-bond acceptors (Lipinski definition) is 6. The molecule has 0 radical (unpaired) electrons. The number of hydrogen-bond donors (Lipinski definition) is 0. The Hall–Kier alpha value is -1.41. The first-order valence-corrected chi connectivity index (χ1v) is 8.58. The Morgan fingerprint density at radius 2 is 2.14 bits per heavy atom. The summed E-state index contributed by atoms with van der Waals surface area (Å²) in [6.45, 7) is 2.12. The topological polar surface area (TPSA) is 75.6 Å². The highest BCUT2D eigenvalue weighted by Crippen LogP contribution is 2.31. The normalized spacial score (nSPS) is 19.7. The summed E-state index contributed by atoms with van der Waals surface area (Å²) in [7, 11) is 0.185. The number of sulfonamides is 1. The predicted octanol–water partition coefficient (Wildman–Crippen LogP) is 0.345. The smallest absolute Gasteiger partial charge is 0.228 e. The van der Waals surface area contributed by atoms with Crippen LogP contribution in [0, 0.1) is 5.92 Å². The fraction of sp³-hybridized carbons (Fsp3) is 0.692. The second-order valence-corrected chi connectivity index (χ2v) is 8.01. The highest BCUT2D eigenvalue weighted by molar-refractivity contribution is 7.90. The van der Waals surface area contributed by atoms with Gasteiger partial charge in [0.15, 0.2) is 0 Å². The third kappa shape index (κ3) is 2.96. The molecule has 0 atom stereocenters. The maximum absolute atomic E-state index is 12.1. The summed E-state index contributed by atoms with van der Waals surface area (Å²) in [6, 6.07) is 1.71. The van der Waals surface area contributed by atoms with Gasteiger partial charge in [0, 0.05) is 44.9 Å². The number of rotatable bonds is 6. The molecule has 0 N–H and O–H groups in total. The van der Waals surface area contributed by atoms with E-state index in [2.05, 4.69) is 9.97 Å². The van der Waals surface area contributed by atoms with Crippen LogP contribution in [0.2, 0.25) is 0 Å². The molecule has 2 heterocycles. The van der Waals surface area contributed by atoms with Gasteiger partial charge in [0.1, 0.15) is 0 Å². The summed E-state index contributed by atoms with van der Waals surface area (Å²) in [6.07, 6.45) is 3.28. The van der Waals surface area contributed by atoms with Crippen molar-refractivity contribution in [2.45, 2.75) is 18.1 Å². The number of methoxy groups -OCH3 is 1. The third-order valence-corrected chi connectivity index (χ3v) is 6.29. The fourth-order valence-corrected chi connectivity index (χ4v) is 4.19. The van der Waals surface area contributed by atoms with Crippen molar-refractivity contribution in [3.05, 3.63) is 12.3 Å². The lowest BCUT2D eigenvalue weighted by Gasteiger charge is -2.40. The second kappa shape index (κ2) is 5.42. The first-order chi connectivity index (χ1) is 10.0. The van der Waals surface area contributed by atoms with Crippen LogP contribution in [0.25, 0.3) is 0 Å². The molecule has 2 fully saturated rings. The molecule has 1 aromatic rings. The minimum atomic E-state index is -3.07. The highest BCUT2D eigenvalue weighted by Gasteiger charge is 2.40. The van der Waals surface area contributed by atoms with Crippen molar-refractivity contribution in [1.82, 2.24) is 14.3 Å². The van der Waals surface area contributed by atoms with Gasteiger partial charge in [0.05, 0.1) is 12.4 Å². The predicted molar refractivity (Wildman–Crippen MR) is 78.9 cm³/mol. The molecule has 1 aliphatic carbocycles. The van der Waals surface area contributed by atoms with Crippen LogP contribution in [-0.4, -0.2) is 61.7 Å². The van der Waals surface area contributed by atoms with E-state index in [1.807, 2.05) is 4.90 Å². The van der Waals surface area contributed by atoms with Gasteiger partial charge in [-0.25, -0.2) is 17.7 Å². The molecule has 0 aromatic carbocycles. The molecule has 0 bridgehead atoms. The molecule has 3 rings (SSSR count). The minimum Gasteiger partial charge on any atom is -0.481 e. The molecule has 116 valence electrons. The lowest BCUT2D eigenvalue weighted by molar-refractivity contribution is 0.322. The Morgan fingerprint density at radius 1 is 1.43 bits per heavy atom. The van der Waals surface area contributed by atoms with Gasteiger partial charge in [-0.3, -0.25) is 0 Å². The average molecular weight is 312 g/mol. The van der Waals surface area contributed by atoms with Crippen molar-refractivity contribution in [2.75, 3.05) is 38.7 Å². The van der Waals surface area contributed by atoms with Gasteiger partial charge in [0.2, 0.25) is 21.9 Å². The van der Waals surface area contributed by atoms with Crippen molar-refractivity contribution < 1.29 is 13.2 Å². The first kappa shape index (κ1) is 14.5. The second-order valence-electron chi connectivity index (χ2n) is 5.69. The van der Waals surface area contributed by atoms with E-state index < -0.39 is 10.0 Å². The van der Waals surface area contributed by atoms with Gasteiger partial charge in [-0.15, -0.1) is 0 Å². The van der Waals surface area contributed by atoms with E-state index >= 15 is 0 Å². The van der Waals surface area contributed by atoms with Crippen molar-refractivity contribution >= 4 is 16.0 Å². The Labute approximate surface area is 125 Å². The first-order valence-electron chi connectivity index (χ1n) is 7.08. The summed E-state index contributed by atoms with van der Waals surface area (Å²) in [5.74, 6) is 1.51. The van der Waals surface area contributed by atoms with E-state index in [4.69, 9.17) is 4.74 Å². The quantitative estimate of drug-likeness (QED) is 0.754. The van der Waals surface area contributed by atoms with Crippen LogP contribution in [-0.2, 0) is 10.0 Å². The monoisotopic (exact) mass is 312 g/mol. The standard InChI is InChI=1S/C13H20N4O3S/c1-16(21(18,19)11-3-4-11)7-10-8-17(9-10)13-14-6-5-12(15-13)20-2/h5-6,10-11H,3-4,7-9H2,1-2H3. The minimum absolute atomic E-state index is 0.139. The van der Waals surface area contributed by atoms with Crippen LogP contribution >= 0.6 is 0 Å². The Balaban J connectivity index is 1.53. The van der Waals surface area contributed by atoms with Crippen LogP contribution < -0.4 is 9.64 Å². The van der Waals surface area contributed by atoms with E-state index in [9.17, 15) is 8.42 Å². The molecule has 1 saturated heterocycles. The van der Waals surface area contributed by atoms with Gasteiger partial charge in [-0.05, 0) is 12.8 Å². The Kier molecular flexibility index (Phi) is 3.75.